The van der Waals surface area contributed by atoms with Crippen molar-refractivity contribution in [3.8, 4) is 0 Å². The lowest BCUT2D eigenvalue weighted by molar-refractivity contribution is 0.0924. The van der Waals surface area contributed by atoms with Gasteiger partial charge >= 0.3 is 0 Å². The monoisotopic (exact) mass is 402 g/mol. The molecule has 27 heavy (non-hydrogen) atoms. The second kappa shape index (κ2) is 7.34. The lowest BCUT2D eigenvalue weighted by atomic mass is 10.1. The zero-order valence-electron chi connectivity index (χ0n) is 14.4. The molecule has 0 saturated carbocycles. The van der Waals surface area contributed by atoms with Gasteiger partial charge in [-0.2, -0.15) is 13.1 Å². The lowest BCUT2D eigenvalue weighted by Crippen LogP contribution is -2.46. The minimum absolute atomic E-state index is 0.0408. The lowest BCUT2D eigenvalue weighted by Gasteiger charge is -2.31. The largest absolute Gasteiger partial charge is 0.349 e. The van der Waals surface area contributed by atoms with Crippen LogP contribution in [0.3, 0.4) is 0 Å². The van der Waals surface area contributed by atoms with Crippen molar-refractivity contribution in [2.75, 3.05) is 13.1 Å². The van der Waals surface area contributed by atoms with Crippen LogP contribution in [0, 0.1) is 0 Å². The van der Waals surface area contributed by atoms with Crippen LogP contribution in [-0.2, 0) is 10.0 Å². The Bertz CT molecular complexity index is 1060. The number of carbonyl (C=O) groups excluding carboxylic acids is 1. The van der Waals surface area contributed by atoms with Crippen LogP contribution >= 0.6 is 11.7 Å². The Labute approximate surface area is 161 Å². The van der Waals surface area contributed by atoms with Crippen LogP contribution in [0.25, 0.3) is 11.0 Å². The number of rotatable bonds is 4. The maximum Gasteiger partial charge on any atom is 0.251 e. The zero-order chi connectivity index (χ0) is 18.9. The molecule has 0 unspecified atom stereocenters. The van der Waals surface area contributed by atoms with E-state index in [1.165, 1.54) is 4.31 Å². The molecule has 7 nitrogen and oxygen atoms in total. The Morgan fingerprint density at radius 2 is 1.78 bits per heavy atom. The number of sulfonamides is 1. The summed E-state index contributed by atoms with van der Waals surface area (Å²) in [7, 11) is -3.64. The molecule has 1 N–H and O–H groups in total. The first kappa shape index (κ1) is 18.0. The molecular formula is C18H18N4O3S2. The fraction of sp³-hybridized carbons (Fsp3) is 0.278. The van der Waals surface area contributed by atoms with E-state index in [0.717, 1.165) is 11.7 Å². The van der Waals surface area contributed by atoms with Crippen molar-refractivity contribution in [1.29, 1.82) is 0 Å². The number of nitrogens with zero attached hydrogens (tertiary/aromatic N) is 3. The predicted octanol–water partition coefficient (Wildman–Crippen LogP) is 2.27. The van der Waals surface area contributed by atoms with Crippen LogP contribution in [0.15, 0.2) is 53.4 Å². The number of hydrogen-bond donors (Lipinski definition) is 1. The Morgan fingerprint density at radius 1 is 1.04 bits per heavy atom. The standard InChI is InChI=1S/C18H18N4O3S2/c23-18(13-5-2-1-3-6-13)19-14-9-11-22(12-10-14)27(24,25)16-8-4-7-15-17(16)21-26-20-15/h1-8,14H,9-12H2,(H,19,23). The number of aromatic nitrogens is 2. The average molecular weight is 403 g/mol. The van der Waals surface area contributed by atoms with Gasteiger partial charge in [-0.25, -0.2) is 8.42 Å². The minimum Gasteiger partial charge on any atom is -0.349 e. The molecule has 0 aliphatic carbocycles. The summed E-state index contributed by atoms with van der Waals surface area (Å²) in [6.07, 6.45) is 1.15. The van der Waals surface area contributed by atoms with Crippen LogP contribution in [0.2, 0.25) is 0 Å². The quantitative estimate of drug-likeness (QED) is 0.723. The van der Waals surface area contributed by atoms with E-state index in [4.69, 9.17) is 0 Å². The molecule has 4 rings (SSSR count). The van der Waals surface area contributed by atoms with Crippen LogP contribution in [-0.4, -0.2) is 46.5 Å². The third kappa shape index (κ3) is 3.58. The second-order valence-electron chi connectivity index (χ2n) is 6.41. The molecule has 0 radical (unpaired) electrons. The summed E-state index contributed by atoms with van der Waals surface area (Å²) in [5.74, 6) is -0.129. The third-order valence-corrected chi connectivity index (χ3v) is 7.16. The minimum atomic E-state index is -3.64. The van der Waals surface area contributed by atoms with Crippen LogP contribution < -0.4 is 5.32 Å². The van der Waals surface area contributed by atoms with E-state index in [1.54, 1.807) is 30.3 Å². The van der Waals surface area contributed by atoms with Crippen molar-refractivity contribution in [2.24, 2.45) is 0 Å². The highest BCUT2D eigenvalue weighted by Crippen LogP contribution is 2.26. The molecule has 140 valence electrons. The topological polar surface area (TPSA) is 92.3 Å². The Morgan fingerprint density at radius 3 is 2.52 bits per heavy atom. The van der Waals surface area contributed by atoms with Gasteiger partial charge < -0.3 is 5.32 Å². The molecule has 1 aliphatic rings. The van der Waals surface area contributed by atoms with Crippen molar-refractivity contribution in [2.45, 2.75) is 23.8 Å². The van der Waals surface area contributed by atoms with Gasteiger partial charge in [0, 0.05) is 24.7 Å². The molecule has 1 aromatic heterocycles. The van der Waals surface area contributed by atoms with Gasteiger partial charge in [0.15, 0.2) is 0 Å². The summed E-state index contributed by atoms with van der Waals surface area (Å²) < 4.78 is 35.8. The molecule has 3 aromatic rings. The number of fused-ring (bicyclic) bond motifs is 1. The highest BCUT2D eigenvalue weighted by molar-refractivity contribution is 7.89. The number of amides is 1. The molecule has 0 bridgehead atoms. The molecule has 1 fully saturated rings. The van der Waals surface area contributed by atoms with E-state index in [-0.39, 0.29) is 16.8 Å². The van der Waals surface area contributed by atoms with Crippen LogP contribution in [0.1, 0.15) is 23.2 Å². The van der Waals surface area contributed by atoms with Gasteiger partial charge in [-0.3, -0.25) is 4.79 Å². The Kier molecular flexibility index (Phi) is 4.90. The molecule has 2 heterocycles. The Hall–Kier alpha value is -2.36. The molecule has 0 spiro atoms. The first-order valence-electron chi connectivity index (χ1n) is 8.63. The zero-order valence-corrected chi connectivity index (χ0v) is 16.0. The molecule has 9 heteroatoms. The fourth-order valence-corrected chi connectivity index (χ4v) is 5.45. The predicted molar refractivity (Wildman–Crippen MR) is 103 cm³/mol. The highest BCUT2D eigenvalue weighted by Gasteiger charge is 2.31. The van der Waals surface area contributed by atoms with Crippen LogP contribution in [0.4, 0.5) is 0 Å². The third-order valence-electron chi connectivity index (χ3n) is 4.69. The maximum atomic E-state index is 13.0. The summed E-state index contributed by atoms with van der Waals surface area (Å²) in [6, 6.07) is 14.0. The number of hydrogen-bond acceptors (Lipinski definition) is 6. The summed E-state index contributed by atoms with van der Waals surface area (Å²) in [4.78, 5) is 12.5. The van der Waals surface area contributed by atoms with Gasteiger partial charge in [0.1, 0.15) is 15.9 Å². The molecule has 1 saturated heterocycles. The van der Waals surface area contributed by atoms with E-state index >= 15 is 0 Å². The number of piperidine rings is 1. The van der Waals surface area contributed by atoms with E-state index < -0.39 is 10.0 Å². The second-order valence-corrected chi connectivity index (χ2v) is 8.84. The van der Waals surface area contributed by atoms with Gasteiger partial charge in [0.05, 0.1) is 11.7 Å². The van der Waals surface area contributed by atoms with Gasteiger partial charge in [-0.1, -0.05) is 24.3 Å². The van der Waals surface area contributed by atoms with Gasteiger partial charge in [-0.05, 0) is 37.1 Å². The molecule has 1 aliphatic heterocycles. The molecule has 2 aromatic carbocycles. The number of benzene rings is 2. The van der Waals surface area contributed by atoms with Crippen molar-refractivity contribution >= 4 is 38.7 Å². The number of nitrogens with one attached hydrogen (secondary N) is 1. The highest BCUT2D eigenvalue weighted by atomic mass is 32.2. The van der Waals surface area contributed by atoms with Gasteiger partial charge in [0.25, 0.3) is 5.91 Å². The van der Waals surface area contributed by atoms with Crippen molar-refractivity contribution in [3.05, 3.63) is 54.1 Å². The van der Waals surface area contributed by atoms with Gasteiger partial charge in [-0.15, -0.1) is 0 Å². The summed E-state index contributed by atoms with van der Waals surface area (Å²) in [5.41, 5.74) is 1.61. The smallest absolute Gasteiger partial charge is 0.251 e. The van der Waals surface area contributed by atoms with Crippen molar-refractivity contribution in [1.82, 2.24) is 18.4 Å². The first-order valence-corrected chi connectivity index (χ1v) is 10.8. The molecule has 1 amide bonds. The summed E-state index contributed by atoms with van der Waals surface area (Å²) >= 11 is 1.00. The molecular weight excluding hydrogens is 384 g/mol. The SMILES string of the molecule is O=C(NC1CCN(S(=O)(=O)c2cccc3nsnc23)CC1)c1ccccc1. The van der Waals surface area contributed by atoms with E-state index in [9.17, 15) is 13.2 Å². The van der Waals surface area contributed by atoms with Crippen molar-refractivity contribution in [3.63, 3.8) is 0 Å². The number of carbonyl (C=O) groups is 1. The van der Waals surface area contributed by atoms with Gasteiger partial charge in [0.2, 0.25) is 10.0 Å². The van der Waals surface area contributed by atoms with E-state index in [2.05, 4.69) is 14.1 Å². The average Bonchev–Trinajstić information content (AvgIpc) is 3.18. The van der Waals surface area contributed by atoms with E-state index in [1.807, 2.05) is 18.2 Å². The van der Waals surface area contributed by atoms with Crippen molar-refractivity contribution < 1.29 is 13.2 Å². The van der Waals surface area contributed by atoms with E-state index in [0.29, 0.717) is 42.5 Å². The van der Waals surface area contributed by atoms with Crippen LogP contribution in [0.5, 0.6) is 0 Å². The summed E-state index contributed by atoms with van der Waals surface area (Å²) in [6.45, 7) is 0.714. The molecule has 0 atom stereocenters. The maximum absolute atomic E-state index is 13.0. The summed E-state index contributed by atoms with van der Waals surface area (Å²) in [5, 5.41) is 2.99. The fourth-order valence-electron chi connectivity index (χ4n) is 3.23. The normalized spacial score (nSPS) is 16.4. The Balaban J connectivity index is 1.44. The first-order chi connectivity index (χ1) is 13.1.